The van der Waals surface area contributed by atoms with Crippen molar-refractivity contribution in [1.29, 1.82) is 0 Å². The van der Waals surface area contributed by atoms with E-state index in [0.717, 1.165) is 10.0 Å². The molecule has 0 bridgehead atoms. The average Bonchev–Trinajstić information content (AvgIpc) is 3.01. The van der Waals surface area contributed by atoms with Crippen molar-refractivity contribution < 1.29 is 18.3 Å². The predicted octanol–water partition coefficient (Wildman–Crippen LogP) is 5.09. The van der Waals surface area contributed by atoms with E-state index in [-0.39, 0.29) is 9.80 Å². The predicted molar refractivity (Wildman–Crippen MR) is 119 cm³/mol. The van der Waals surface area contributed by atoms with Crippen LogP contribution in [0.4, 0.5) is 5.69 Å². The number of sulfone groups is 1. The summed E-state index contributed by atoms with van der Waals surface area (Å²) in [6.07, 6.45) is 0. The number of aliphatic hydroxyl groups is 1. The molecule has 1 unspecified atom stereocenters. The van der Waals surface area contributed by atoms with Crippen molar-refractivity contribution in [2.75, 3.05) is 4.90 Å². The standard InChI is InChI=1S/C23H18BrNO4S/c1-15-7-9-16(10-8-15)20-22(30(28,29)19-5-3-2-4-6-19)21(26)23(27)25(20)18-13-11-17(24)12-14-18/h2-14,20,26H,1H3. The zero-order valence-corrected chi connectivity index (χ0v) is 18.4. The number of halogens is 1. The fraction of sp³-hybridized carbons (Fsp3) is 0.0870. The molecular formula is C23H18BrNO4S. The first-order chi connectivity index (χ1) is 14.3. The number of hydrogen-bond donors (Lipinski definition) is 1. The van der Waals surface area contributed by atoms with E-state index < -0.39 is 27.5 Å². The molecular weight excluding hydrogens is 466 g/mol. The molecule has 0 saturated carbocycles. The largest absolute Gasteiger partial charge is 0.502 e. The summed E-state index contributed by atoms with van der Waals surface area (Å²) < 4.78 is 27.8. The third kappa shape index (κ3) is 3.44. The minimum absolute atomic E-state index is 0.0223. The van der Waals surface area contributed by atoms with Crippen molar-refractivity contribution in [2.45, 2.75) is 17.9 Å². The second kappa shape index (κ2) is 7.74. The van der Waals surface area contributed by atoms with Gasteiger partial charge in [-0.25, -0.2) is 8.42 Å². The summed E-state index contributed by atoms with van der Waals surface area (Å²) in [5.74, 6) is -1.51. The van der Waals surface area contributed by atoms with Gasteiger partial charge in [0.05, 0.1) is 4.90 Å². The normalized spacial score (nSPS) is 16.9. The Labute approximate surface area is 183 Å². The van der Waals surface area contributed by atoms with Crippen LogP contribution in [0.1, 0.15) is 17.2 Å². The van der Waals surface area contributed by atoms with Crippen molar-refractivity contribution >= 4 is 37.4 Å². The first kappa shape index (κ1) is 20.4. The van der Waals surface area contributed by atoms with Gasteiger partial charge in [-0.1, -0.05) is 64.0 Å². The van der Waals surface area contributed by atoms with Crippen molar-refractivity contribution in [3.05, 3.63) is 105 Å². The smallest absolute Gasteiger partial charge is 0.295 e. The monoisotopic (exact) mass is 483 g/mol. The lowest BCUT2D eigenvalue weighted by Gasteiger charge is -2.27. The molecule has 3 aromatic rings. The summed E-state index contributed by atoms with van der Waals surface area (Å²) in [6, 6.07) is 21.0. The zero-order valence-electron chi connectivity index (χ0n) is 16.0. The molecule has 0 aromatic heterocycles. The SMILES string of the molecule is Cc1ccc(C2C(S(=O)(=O)c3ccccc3)=C(O)C(=O)N2c2ccc(Br)cc2)cc1. The number of carbonyl (C=O) groups is 1. The molecule has 1 aliphatic rings. The van der Waals surface area contributed by atoms with Crippen molar-refractivity contribution in [2.24, 2.45) is 0 Å². The molecule has 1 aliphatic heterocycles. The van der Waals surface area contributed by atoms with Crippen LogP contribution in [0.2, 0.25) is 0 Å². The van der Waals surface area contributed by atoms with Gasteiger partial charge in [0.15, 0.2) is 5.76 Å². The van der Waals surface area contributed by atoms with Gasteiger partial charge in [0.1, 0.15) is 10.9 Å². The van der Waals surface area contributed by atoms with Crippen molar-refractivity contribution in [1.82, 2.24) is 0 Å². The maximum absolute atomic E-state index is 13.5. The Kier molecular flexibility index (Phi) is 5.26. The van der Waals surface area contributed by atoms with Crippen LogP contribution in [0.5, 0.6) is 0 Å². The Morgan fingerprint density at radius 1 is 0.900 bits per heavy atom. The number of amides is 1. The van der Waals surface area contributed by atoms with Gasteiger partial charge >= 0.3 is 0 Å². The molecule has 4 rings (SSSR count). The van der Waals surface area contributed by atoms with Gasteiger partial charge in [-0.3, -0.25) is 9.69 Å². The molecule has 0 spiro atoms. The van der Waals surface area contributed by atoms with Gasteiger partial charge in [-0.2, -0.15) is 0 Å². The number of rotatable bonds is 4. The van der Waals surface area contributed by atoms with E-state index in [9.17, 15) is 18.3 Å². The number of hydrogen-bond acceptors (Lipinski definition) is 4. The molecule has 0 aliphatic carbocycles. The highest BCUT2D eigenvalue weighted by molar-refractivity contribution is 9.10. The Morgan fingerprint density at radius 3 is 2.10 bits per heavy atom. The number of nitrogens with zero attached hydrogens (tertiary/aromatic N) is 1. The van der Waals surface area contributed by atoms with E-state index in [1.807, 2.05) is 19.1 Å². The van der Waals surface area contributed by atoms with Crippen LogP contribution in [0.3, 0.4) is 0 Å². The van der Waals surface area contributed by atoms with E-state index in [1.165, 1.54) is 17.0 Å². The number of anilines is 1. The first-order valence-electron chi connectivity index (χ1n) is 9.19. The third-order valence-electron chi connectivity index (χ3n) is 5.00. The topological polar surface area (TPSA) is 74.7 Å². The van der Waals surface area contributed by atoms with E-state index in [1.54, 1.807) is 54.6 Å². The summed E-state index contributed by atoms with van der Waals surface area (Å²) in [7, 11) is -4.12. The minimum atomic E-state index is -4.12. The van der Waals surface area contributed by atoms with Crippen molar-refractivity contribution in [3.63, 3.8) is 0 Å². The van der Waals surface area contributed by atoms with Crippen LogP contribution < -0.4 is 4.90 Å². The van der Waals surface area contributed by atoms with Gasteiger partial charge in [0.25, 0.3) is 5.91 Å². The summed E-state index contributed by atoms with van der Waals surface area (Å²) in [4.78, 5) is 14.1. The molecule has 1 N–H and O–H groups in total. The lowest BCUT2D eigenvalue weighted by atomic mass is 10.0. The summed E-state index contributed by atoms with van der Waals surface area (Å²) in [5.41, 5.74) is 2.08. The van der Waals surface area contributed by atoms with Gasteiger partial charge in [0.2, 0.25) is 9.84 Å². The van der Waals surface area contributed by atoms with Crippen LogP contribution in [-0.4, -0.2) is 19.4 Å². The molecule has 152 valence electrons. The third-order valence-corrected chi connectivity index (χ3v) is 7.42. The number of aryl methyl sites for hydroxylation is 1. The van der Waals surface area contributed by atoms with Gasteiger partial charge in [-0.05, 0) is 48.9 Å². The molecule has 1 amide bonds. The molecule has 0 fully saturated rings. The zero-order chi connectivity index (χ0) is 21.5. The molecule has 3 aromatic carbocycles. The summed E-state index contributed by atoms with van der Waals surface area (Å²) in [6.45, 7) is 1.92. The number of aliphatic hydroxyl groups excluding tert-OH is 1. The van der Waals surface area contributed by atoms with Crippen LogP contribution in [0.25, 0.3) is 0 Å². The highest BCUT2D eigenvalue weighted by Crippen LogP contribution is 2.44. The van der Waals surface area contributed by atoms with E-state index >= 15 is 0 Å². The van der Waals surface area contributed by atoms with Gasteiger partial charge in [0, 0.05) is 10.2 Å². The second-order valence-corrected chi connectivity index (χ2v) is 9.83. The van der Waals surface area contributed by atoms with Gasteiger partial charge < -0.3 is 5.11 Å². The maximum atomic E-state index is 13.5. The molecule has 1 heterocycles. The quantitative estimate of drug-likeness (QED) is 0.560. The highest BCUT2D eigenvalue weighted by Gasteiger charge is 2.47. The molecule has 0 saturated heterocycles. The average molecular weight is 484 g/mol. The Hall–Kier alpha value is -2.90. The van der Waals surface area contributed by atoms with Crippen LogP contribution in [0.15, 0.2) is 98.9 Å². The molecule has 30 heavy (non-hydrogen) atoms. The van der Waals surface area contributed by atoms with E-state index in [2.05, 4.69) is 15.9 Å². The first-order valence-corrected chi connectivity index (χ1v) is 11.5. The van der Waals surface area contributed by atoms with E-state index in [0.29, 0.717) is 11.3 Å². The van der Waals surface area contributed by atoms with Crippen molar-refractivity contribution in [3.8, 4) is 0 Å². The fourth-order valence-electron chi connectivity index (χ4n) is 3.50. The highest BCUT2D eigenvalue weighted by atomic mass is 79.9. The van der Waals surface area contributed by atoms with Crippen LogP contribution in [-0.2, 0) is 14.6 Å². The number of benzene rings is 3. The Morgan fingerprint density at radius 2 is 1.50 bits per heavy atom. The second-order valence-electron chi connectivity index (χ2n) is 6.99. The molecule has 7 heteroatoms. The Balaban J connectivity index is 1.94. The maximum Gasteiger partial charge on any atom is 0.295 e. The fourth-order valence-corrected chi connectivity index (χ4v) is 5.41. The molecule has 1 atom stereocenters. The number of carbonyl (C=O) groups excluding carboxylic acids is 1. The molecule has 0 radical (unpaired) electrons. The summed E-state index contributed by atoms with van der Waals surface area (Å²) in [5, 5.41) is 10.7. The lowest BCUT2D eigenvalue weighted by molar-refractivity contribution is -0.117. The van der Waals surface area contributed by atoms with Gasteiger partial charge in [-0.15, -0.1) is 0 Å². The van der Waals surface area contributed by atoms with Crippen LogP contribution in [0, 0.1) is 6.92 Å². The summed E-state index contributed by atoms with van der Waals surface area (Å²) >= 11 is 3.36. The van der Waals surface area contributed by atoms with Crippen LogP contribution >= 0.6 is 15.9 Å². The minimum Gasteiger partial charge on any atom is -0.502 e. The van der Waals surface area contributed by atoms with E-state index in [4.69, 9.17) is 0 Å². The lowest BCUT2D eigenvalue weighted by Crippen LogP contribution is -2.31. The Bertz CT molecular complexity index is 1230. The molecule has 5 nitrogen and oxygen atoms in total.